The second-order valence-electron chi connectivity index (χ2n) is 10.5. The standard InChI is InChI=1S/C32H31Cl3N6OS/c1-21(2)29(39-30(42)14-27-16-37-20-41(27)17-23-11-9-22(15-36)10-12-23)19-40(18-24-5-3-8-28(34)31(24)35)32(43)38-26-7-4-6-25(33)13-26/h3-13,16,20-21,29H,14,17-19H2,1-2H3,(H,38,43)(H,39,42)/t29-/m1/s1. The molecule has 0 fully saturated rings. The van der Waals surface area contributed by atoms with E-state index in [-0.39, 0.29) is 24.3 Å². The highest BCUT2D eigenvalue weighted by atomic mass is 35.5. The maximum Gasteiger partial charge on any atom is 0.226 e. The van der Waals surface area contributed by atoms with E-state index in [0.29, 0.717) is 45.4 Å². The van der Waals surface area contributed by atoms with Gasteiger partial charge in [-0.3, -0.25) is 4.79 Å². The van der Waals surface area contributed by atoms with Crippen LogP contribution in [0.25, 0.3) is 0 Å². The minimum atomic E-state index is -0.237. The zero-order chi connectivity index (χ0) is 30.9. The number of benzene rings is 3. The number of nitriles is 1. The Kier molecular flexibility index (Phi) is 11.4. The average Bonchev–Trinajstić information content (AvgIpc) is 3.40. The molecule has 1 heterocycles. The molecule has 0 aliphatic carbocycles. The van der Waals surface area contributed by atoms with E-state index in [1.807, 2.05) is 45.9 Å². The molecular formula is C32H31Cl3N6OS. The van der Waals surface area contributed by atoms with Crippen molar-refractivity contribution in [1.82, 2.24) is 19.8 Å². The number of aromatic nitrogens is 2. The SMILES string of the molecule is CC(C)[C@@H](CN(Cc1cccc(Cl)c1Cl)C(=S)Nc1cccc(Cl)c1)NC(=O)Cc1cncn1Cc1ccc(C#N)cc1. The van der Waals surface area contributed by atoms with E-state index >= 15 is 0 Å². The van der Waals surface area contributed by atoms with Crippen LogP contribution in [0.4, 0.5) is 5.69 Å². The number of nitrogens with one attached hydrogen (secondary N) is 2. The Balaban J connectivity index is 1.48. The topological polar surface area (TPSA) is 86.0 Å². The van der Waals surface area contributed by atoms with E-state index < -0.39 is 0 Å². The second-order valence-corrected chi connectivity index (χ2v) is 12.1. The van der Waals surface area contributed by atoms with Crippen LogP contribution >= 0.6 is 47.0 Å². The van der Waals surface area contributed by atoms with Gasteiger partial charge in [-0.1, -0.05) is 79.0 Å². The first-order valence-corrected chi connectivity index (χ1v) is 15.2. The predicted molar refractivity (Wildman–Crippen MR) is 178 cm³/mol. The Morgan fingerprint density at radius 3 is 2.53 bits per heavy atom. The van der Waals surface area contributed by atoms with E-state index in [1.54, 1.807) is 42.9 Å². The molecule has 0 spiro atoms. The lowest BCUT2D eigenvalue weighted by Gasteiger charge is -2.33. The molecule has 0 aliphatic heterocycles. The molecule has 0 radical (unpaired) electrons. The number of nitrogens with zero attached hydrogens (tertiary/aromatic N) is 4. The van der Waals surface area contributed by atoms with Crippen LogP contribution in [0.5, 0.6) is 0 Å². The number of imidazole rings is 1. The van der Waals surface area contributed by atoms with Gasteiger partial charge < -0.3 is 20.1 Å². The number of amides is 1. The van der Waals surface area contributed by atoms with Crippen molar-refractivity contribution in [2.75, 3.05) is 11.9 Å². The van der Waals surface area contributed by atoms with Crippen molar-refractivity contribution in [2.24, 2.45) is 5.92 Å². The summed E-state index contributed by atoms with van der Waals surface area (Å²) < 4.78 is 1.93. The van der Waals surface area contributed by atoms with Crippen molar-refractivity contribution in [3.05, 3.63) is 117 Å². The number of carbonyl (C=O) groups excluding carboxylic acids is 1. The molecule has 0 saturated heterocycles. The van der Waals surface area contributed by atoms with Crippen molar-refractivity contribution >= 4 is 63.7 Å². The molecule has 7 nitrogen and oxygen atoms in total. The van der Waals surface area contributed by atoms with Gasteiger partial charge in [0.15, 0.2) is 5.11 Å². The summed E-state index contributed by atoms with van der Waals surface area (Å²) in [4.78, 5) is 19.6. The van der Waals surface area contributed by atoms with Crippen molar-refractivity contribution < 1.29 is 4.79 Å². The summed E-state index contributed by atoms with van der Waals surface area (Å²) in [5.74, 6) is -0.0338. The van der Waals surface area contributed by atoms with Crippen LogP contribution in [0.3, 0.4) is 0 Å². The van der Waals surface area contributed by atoms with Gasteiger partial charge >= 0.3 is 0 Å². The van der Waals surface area contributed by atoms with Gasteiger partial charge in [0.2, 0.25) is 5.91 Å². The zero-order valence-corrected chi connectivity index (χ0v) is 26.8. The highest BCUT2D eigenvalue weighted by Gasteiger charge is 2.23. The quantitative estimate of drug-likeness (QED) is 0.165. The van der Waals surface area contributed by atoms with Gasteiger partial charge in [0, 0.05) is 48.3 Å². The maximum atomic E-state index is 13.3. The fourth-order valence-electron chi connectivity index (χ4n) is 4.47. The molecule has 1 atom stereocenters. The van der Waals surface area contributed by atoms with Crippen molar-refractivity contribution in [3.63, 3.8) is 0 Å². The van der Waals surface area contributed by atoms with E-state index in [9.17, 15) is 4.79 Å². The highest BCUT2D eigenvalue weighted by Crippen LogP contribution is 2.27. The summed E-state index contributed by atoms with van der Waals surface area (Å²) in [7, 11) is 0. The molecule has 43 heavy (non-hydrogen) atoms. The normalized spacial score (nSPS) is 11.6. The van der Waals surface area contributed by atoms with Crippen LogP contribution in [-0.4, -0.2) is 38.1 Å². The monoisotopic (exact) mass is 652 g/mol. The number of anilines is 1. The van der Waals surface area contributed by atoms with Crippen LogP contribution in [0.2, 0.25) is 15.1 Å². The summed E-state index contributed by atoms with van der Waals surface area (Å²) in [6.07, 6.45) is 3.56. The first-order chi connectivity index (χ1) is 20.6. The van der Waals surface area contributed by atoms with E-state index in [1.165, 1.54) is 0 Å². The van der Waals surface area contributed by atoms with Crippen LogP contribution in [0, 0.1) is 17.2 Å². The predicted octanol–water partition coefficient (Wildman–Crippen LogP) is 7.35. The fraction of sp³-hybridized carbons (Fsp3) is 0.250. The lowest BCUT2D eigenvalue weighted by atomic mass is 10.0. The molecule has 3 aromatic carbocycles. The number of halogens is 3. The molecule has 1 aromatic heterocycles. The Morgan fingerprint density at radius 1 is 1.09 bits per heavy atom. The minimum Gasteiger partial charge on any atom is -0.351 e. The summed E-state index contributed by atoms with van der Waals surface area (Å²) in [6, 6.07) is 22.0. The summed E-state index contributed by atoms with van der Waals surface area (Å²) in [5.41, 5.74) is 3.95. The largest absolute Gasteiger partial charge is 0.351 e. The summed E-state index contributed by atoms with van der Waals surface area (Å²) in [6.45, 7) is 5.45. The zero-order valence-electron chi connectivity index (χ0n) is 23.7. The van der Waals surface area contributed by atoms with Crippen LogP contribution in [-0.2, 0) is 24.3 Å². The Hall–Kier alpha value is -3.61. The summed E-state index contributed by atoms with van der Waals surface area (Å²) in [5, 5.41) is 17.5. The van der Waals surface area contributed by atoms with Crippen molar-refractivity contribution in [3.8, 4) is 6.07 Å². The number of rotatable bonds is 11. The third-order valence-electron chi connectivity index (χ3n) is 6.90. The minimum absolute atomic E-state index is 0.0961. The molecule has 2 N–H and O–H groups in total. The number of hydrogen-bond donors (Lipinski definition) is 2. The number of thiocarbonyl (C=S) groups is 1. The molecule has 0 unspecified atom stereocenters. The van der Waals surface area contributed by atoms with Gasteiger partial charge in [-0.2, -0.15) is 5.26 Å². The van der Waals surface area contributed by atoms with Crippen LogP contribution in [0.15, 0.2) is 79.3 Å². The number of carbonyl (C=O) groups is 1. The highest BCUT2D eigenvalue weighted by molar-refractivity contribution is 7.80. The van der Waals surface area contributed by atoms with E-state index in [0.717, 1.165) is 22.5 Å². The molecule has 0 saturated carbocycles. The third kappa shape index (κ3) is 9.19. The first-order valence-electron chi connectivity index (χ1n) is 13.6. The molecule has 1 amide bonds. The van der Waals surface area contributed by atoms with E-state index in [2.05, 4.69) is 35.5 Å². The average molecular weight is 654 g/mol. The summed E-state index contributed by atoms with van der Waals surface area (Å²) >= 11 is 24.9. The Morgan fingerprint density at radius 2 is 1.84 bits per heavy atom. The lowest BCUT2D eigenvalue weighted by Crippen LogP contribution is -2.49. The van der Waals surface area contributed by atoms with Crippen molar-refractivity contribution in [2.45, 2.75) is 39.4 Å². The van der Waals surface area contributed by atoms with Gasteiger partial charge in [0.05, 0.1) is 34.4 Å². The molecular weight excluding hydrogens is 623 g/mol. The fourth-order valence-corrected chi connectivity index (χ4v) is 5.29. The van der Waals surface area contributed by atoms with Crippen molar-refractivity contribution in [1.29, 1.82) is 5.26 Å². The molecule has 0 bridgehead atoms. The first kappa shape index (κ1) is 32.3. The molecule has 4 aromatic rings. The van der Waals surface area contributed by atoms with Gasteiger partial charge in [0.1, 0.15) is 0 Å². The maximum absolute atomic E-state index is 13.3. The van der Waals surface area contributed by atoms with Gasteiger partial charge in [0.25, 0.3) is 0 Å². The Labute approximate surface area is 272 Å². The molecule has 222 valence electrons. The smallest absolute Gasteiger partial charge is 0.226 e. The van der Waals surface area contributed by atoms with Gasteiger partial charge in [-0.25, -0.2) is 4.98 Å². The Bertz CT molecular complexity index is 1620. The van der Waals surface area contributed by atoms with Crippen LogP contribution < -0.4 is 10.6 Å². The molecule has 0 aliphatic rings. The van der Waals surface area contributed by atoms with Crippen LogP contribution in [0.1, 0.15) is 36.2 Å². The lowest BCUT2D eigenvalue weighted by molar-refractivity contribution is -0.121. The molecule has 11 heteroatoms. The second kappa shape index (κ2) is 15.2. The number of hydrogen-bond acceptors (Lipinski definition) is 4. The third-order valence-corrected chi connectivity index (χ3v) is 8.35. The van der Waals surface area contributed by atoms with Gasteiger partial charge in [-0.05, 0) is 65.7 Å². The molecule has 4 rings (SSSR count). The van der Waals surface area contributed by atoms with E-state index in [4.69, 9.17) is 52.3 Å². The van der Waals surface area contributed by atoms with Gasteiger partial charge in [-0.15, -0.1) is 0 Å².